The minimum absolute atomic E-state index is 0.648. The largest absolute Gasteiger partial charge is 0.337 e. The van der Waals surface area contributed by atoms with Crippen LogP contribution in [0.2, 0.25) is 0 Å². The second-order valence-electron chi connectivity index (χ2n) is 5.45. The summed E-state index contributed by atoms with van der Waals surface area (Å²) in [6.45, 7) is 2.37. The molecule has 0 spiro atoms. The van der Waals surface area contributed by atoms with Gasteiger partial charge in [-0.15, -0.1) is 0 Å². The van der Waals surface area contributed by atoms with Gasteiger partial charge in [0, 0.05) is 23.3 Å². The summed E-state index contributed by atoms with van der Waals surface area (Å²) >= 11 is 0. The Labute approximate surface area is 108 Å². The van der Waals surface area contributed by atoms with E-state index in [1.54, 1.807) is 0 Å². The summed E-state index contributed by atoms with van der Waals surface area (Å²) in [5, 5.41) is 0. The lowest BCUT2D eigenvalue weighted by molar-refractivity contribution is 0.533. The van der Waals surface area contributed by atoms with Crippen LogP contribution in [-0.4, -0.2) is 6.04 Å². The van der Waals surface area contributed by atoms with Crippen LogP contribution in [0.5, 0.6) is 0 Å². The van der Waals surface area contributed by atoms with Crippen molar-refractivity contribution >= 4 is 11.4 Å². The molecule has 0 fully saturated rings. The summed E-state index contributed by atoms with van der Waals surface area (Å²) in [6, 6.07) is 18.4. The molecule has 2 unspecified atom stereocenters. The van der Waals surface area contributed by atoms with Gasteiger partial charge in [0.1, 0.15) is 0 Å². The number of para-hydroxylation sites is 2. The molecule has 0 aliphatic carbocycles. The molecule has 2 heterocycles. The van der Waals surface area contributed by atoms with Crippen molar-refractivity contribution in [1.29, 1.82) is 0 Å². The van der Waals surface area contributed by atoms with E-state index in [1.807, 2.05) is 0 Å². The molecular weight excluding hydrogens is 218 g/mol. The zero-order valence-electron chi connectivity index (χ0n) is 10.6. The topological polar surface area (TPSA) is 3.24 Å². The fourth-order valence-corrected chi connectivity index (χ4v) is 3.65. The van der Waals surface area contributed by atoms with E-state index in [2.05, 4.69) is 60.4 Å². The van der Waals surface area contributed by atoms with Crippen LogP contribution in [0.4, 0.5) is 11.4 Å². The van der Waals surface area contributed by atoms with Crippen LogP contribution in [0.15, 0.2) is 48.5 Å². The number of benzene rings is 2. The molecule has 2 atom stereocenters. The second-order valence-corrected chi connectivity index (χ2v) is 5.45. The Morgan fingerprint density at radius 2 is 1.67 bits per heavy atom. The summed E-state index contributed by atoms with van der Waals surface area (Å²) in [7, 11) is 0. The molecule has 0 radical (unpaired) electrons. The van der Waals surface area contributed by atoms with Crippen molar-refractivity contribution in [1.82, 2.24) is 0 Å². The third-order valence-electron chi connectivity index (χ3n) is 4.56. The van der Waals surface area contributed by atoms with Crippen molar-refractivity contribution < 1.29 is 0 Å². The molecule has 18 heavy (non-hydrogen) atoms. The van der Waals surface area contributed by atoms with Crippen molar-refractivity contribution in [3.8, 4) is 0 Å². The minimum atomic E-state index is 0.648. The van der Waals surface area contributed by atoms with Crippen molar-refractivity contribution in [3.63, 3.8) is 0 Å². The van der Waals surface area contributed by atoms with E-state index in [9.17, 15) is 0 Å². The number of aryl methyl sites for hydroxylation is 1. The Bertz CT molecular complexity index is 602. The summed E-state index contributed by atoms with van der Waals surface area (Å²) < 4.78 is 0. The maximum atomic E-state index is 2.57. The highest BCUT2D eigenvalue weighted by molar-refractivity contribution is 5.75. The van der Waals surface area contributed by atoms with Crippen LogP contribution < -0.4 is 4.90 Å². The van der Waals surface area contributed by atoms with E-state index in [4.69, 9.17) is 0 Å². The van der Waals surface area contributed by atoms with Crippen LogP contribution in [0, 0.1) is 0 Å². The highest BCUT2D eigenvalue weighted by Crippen LogP contribution is 2.49. The molecule has 2 aromatic rings. The first-order valence-corrected chi connectivity index (χ1v) is 6.82. The molecule has 0 N–H and O–H groups in total. The molecule has 90 valence electrons. The van der Waals surface area contributed by atoms with Crippen LogP contribution in [0.3, 0.4) is 0 Å². The van der Waals surface area contributed by atoms with E-state index >= 15 is 0 Å². The highest BCUT2D eigenvalue weighted by atomic mass is 15.2. The molecule has 1 nitrogen and oxygen atoms in total. The third kappa shape index (κ3) is 1.22. The maximum Gasteiger partial charge on any atom is 0.0449 e. The Morgan fingerprint density at radius 1 is 0.944 bits per heavy atom. The van der Waals surface area contributed by atoms with E-state index < -0.39 is 0 Å². The van der Waals surface area contributed by atoms with E-state index in [-0.39, 0.29) is 0 Å². The van der Waals surface area contributed by atoms with Gasteiger partial charge in [-0.1, -0.05) is 43.3 Å². The molecule has 0 aromatic heterocycles. The number of hydrogen-bond acceptors (Lipinski definition) is 1. The van der Waals surface area contributed by atoms with Gasteiger partial charge < -0.3 is 4.90 Å². The maximum absolute atomic E-state index is 2.57. The van der Waals surface area contributed by atoms with Gasteiger partial charge in [0.05, 0.1) is 0 Å². The Hall–Kier alpha value is -1.76. The van der Waals surface area contributed by atoms with E-state index in [0.717, 1.165) is 0 Å². The number of nitrogens with zero attached hydrogens (tertiary/aromatic N) is 1. The lowest BCUT2D eigenvalue weighted by atomic mass is 9.89. The number of rotatable bonds is 0. The first kappa shape index (κ1) is 10.2. The number of anilines is 2. The number of fused-ring (bicyclic) bond motifs is 5. The van der Waals surface area contributed by atoms with Gasteiger partial charge in [-0.25, -0.2) is 0 Å². The monoisotopic (exact) mass is 235 g/mol. The Kier molecular flexibility index (Phi) is 2.05. The van der Waals surface area contributed by atoms with E-state index in [1.165, 1.54) is 35.3 Å². The number of hydrogen-bond donors (Lipinski definition) is 0. The molecule has 1 heteroatoms. The van der Waals surface area contributed by atoms with Crippen LogP contribution in [0.25, 0.3) is 0 Å². The zero-order valence-corrected chi connectivity index (χ0v) is 10.6. The molecule has 0 saturated carbocycles. The lowest BCUT2D eigenvalue weighted by Gasteiger charge is -2.35. The molecular formula is C17H17N. The molecule has 2 aliphatic rings. The minimum Gasteiger partial charge on any atom is -0.337 e. The fraction of sp³-hybridized carbons (Fsp3) is 0.294. The standard InChI is InChI=1S/C17H17N/c1-12-14-7-3-5-9-17(14)18-15(12)11-10-13-6-2-4-8-16(13)18/h2-9,12,15H,10-11H2,1H3. The summed E-state index contributed by atoms with van der Waals surface area (Å²) in [6.07, 6.45) is 2.49. The summed E-state index contributed by atoms with van der Waals surface area (Å²) in [5.41, 5.74) is 5.85. The summed E-state index contributed by atoms with van der Waals surface area (Å²) in [5.74, 6) is 0.648. The van der Waals surface area contributed by atoms with Crippen molar-refractivity contribution in [3.05, 3.63) is 59.7 Å². The van der Waals surface area contributed by atoms with Gasteiger partial charge in [0.15, 0.2) is 0 Å². The first-order chi connectivity index (χ1) is 8.86. The lowest BCUT2D eigenvalue weighted by Crippen LogP contribution is -2.33. The van der Waals surface area contributed by atoms with Crippen molar-refractivity contribution in [2.24, 2.45) is 0 Å². The van der Waals surface area contributed by atoms with Gasteiger partial charge in [0.25, 0.3) is 0 Å². The van der Waals surface area contributed by atoms with Crippen molar-refractivity contribution in [2.45, 2.75) is 31.7 Å². The predicted octanol–water partition coefficient (Wildman–Crippen LogP) is 4.26. The Morgan fingerprint density at radius 3 is 2.56 bits per heavy atom. The molecule has 2 aliphatic heterocycles. The normalized spacial score (nSPS) is 24.4. The van der Waals surface area contributed by atoms with E-state index in [0.29, 0.717) is 12.0 Å². The average molecular weight is 235 g/mol. The Balaban J connectivity index is 1.94. The fourth-order valence-electron chi connectivity index (χ4n) is 3.65. The van der Waals surface area contributed by atoms with Gasteiger partial charge >= 0.3 is 0 Å². The van der Waals surface area contributed by atoms with Gasteiger partial charge in [0.2, 0.25) is 0 Å². The molecule has 0 bridgehead atoms. The molecule has 0 saturated heterocycles. The zero-order chi connectivity index (χ0) is 12.1. The van der Waals surface area contributed by atoms with Gasteiger partial charge in [-0.3, -0.25) is 0 Å². The highest BCUT2D eigenvalue weighted by Gasteiger charge is 2.38. The summed E-state index contributed by atoms with van der Waals surface area (Å²) in [4.78, 5) is 2.57. The second kappa shape index (κ2) is 3.61. The predicted molar refractivity (Wildman–Crippen MR) is 75.5 cm³/mol. The molecule has 0 amide bonds. The van der Waals surface area contributed by atoms with Crippen LogP contribution >= 0.6 is 0 Å². The molecule has 4 rings (SSSR count). The quantitative estimate of drug-likeness (QED) is 0.659. The SMILES string of the molecule is CC1c2ccccc2N2c3ccccc3CCC12. The van der Waals surface area contributed by atoms with Crippen LogP contribution in [-0.2, 0) is 6.42 Å². The van der Waals surface area contributed by atoms with Gasteiger partial charge in [-0.05, 0) is 36.1 Å². The average Bonchev–Trinajstić information content (AvgIpc) is 2.73. The van der Waals surface area contributed by atoms with Gasteiger partial charge in [-0.2, -0.15) is 0 Å². The van der Waals surface area contributed by atoms with Crippen LogP contribution in [0.1, 0.15) is 30.4 Å². The molecule has 2 aromatic carbocycles. The smallest absolute Gasteiger partial charge is 0.0449 e. The van der Waals surface area contributed by atoms with Crippen molar-refractivity contribution in [2.75, 3.05) is 4.90 Å². The third-order valence-corrected chi connectivity index (χ3v) is 4.56. The first-order valence-electron chi connectivity index (χ1n) is 6.82.